The van der Waals surface area contributed by atoms with Gasteiger partial charge in [0.1, 0.15) is 10.8 Å². The van der Waals surface area contributed by atoms with E-state index in [1.54, 1.807) is 17.5 Å². The standard InChI is InChI=1S/C11H16N4S/c1-9-8-16-11(14-9)7-15(2)6-3-10-12-4-5-13-10/h4-5,8H,3,6-7H2,1-2H3,(H,12,13). The van der Waals surface area contributed by atoms with Crippen molar-refractivity contribution >= 4 is 11.3 Å². The molecule has 1 N–H and O–H groups in total. The Morgan fingerprint density at radius 1 is 1.50 bits per heavy atom. The van der Waals surface area contributed by atoms with Crippen LogP contribution < -0.4 is 0 Å². The topological polar surface area (TPSA) is 44.8 Å². The van der Waals surface area contributed by atoms with Crippen LogP contribution in [0.4, 0.5) is 0 Å². The molecule has 0 fully saturated rings. The van der Waals surface area contributed by atoms with E-state index < -0.39 is 0 Å². The van der Waals surface area contributed by atoms with Gasteiger partial charge in [0.25, 0.3) is 0 Å². The van der Waals surface area contributed by atoms with Crippen molar-refractivity contribution in [1.82, 2.24) is 19.9 Å². The molecule has 5 heteroatoms. The zero-order valence-electron chi connectivity index (χ0n) is 9.60. The third kappa shape index (κ3) is 3.15. The molecule has 0 amide bonds. The maximum atomic E-state index is 4.45. The molecule has 0 saturated heterocycles. The van der Waals surface area contributed by atoms with Crippen LogP contribution in [-0.4, -0.2) is 33.4 Å². The van der Waals surface area contributed by atoms with E-state index >= 15 is 0 Å². The number of aromatic nitrogens is 3. The van der Waals surface area contributed by atoms with Gasteiger partial charge in [-0.1, -0.05) is 0 Å². The van der Waals surface area contributed by atoms with Crippen molar-refractivity contribution in [2.45, 2.75) is 19.9 Å². The van der Waals surface area contributed by atoms with E-state index in [-0.39, 0.29) is 0 Å². The van der Waals surface area contributed by atoms with Crippen LogP contribution >= 0.6 is 11.3 Å². The molecular formula is C11H16N4S. The fraction of sp³-hybridized carbons (Fsp3) is 0.455. The molecule has 0 atom stereocenters. The largest absolute Gasteiger partial charge is 0.349 e. The summed E-state index contributed by atoms with van der Waals surface area (Å²) in [6.07, 6.45) is 4.60. The minimum absolute atomic E-state index is 0.916. The van der Waals surface area contributed by atoms with Crippen LogP contribution in [0.25, 0.3) is 0 Å². The average molecular weight is 236 g/mol. The highest BCUT2D eigenvalue weighted by molar-refractivity contribution is 7.09. The summed E-state index contributed by atoms with van der Waals surface area (Å²) in [7, 11) is 2.11. The fourth-order valence-electron chi connectivity index (χ4n) is 1.52. The minimum atomic E-state index is 0.916. The number of nitrogens with zero attached hydrogens (tertiary/aromatic N) is 3. The van der Waals surface area contributed by atoms with Crippen molar-refractivity contribution in [1.29, 1.82) is 0 Å². The molecule has 0 aliphatic rings. The van der Waals surface area contributed by atoms with Crippen LogP contribution in [0.3, 0.4) is 0 Å². The number of rotatable bonds is 5. The van der Waals surface area contributed by atoms with Crippen LogP contribution in [-0.2, 0) is 13.0 Å². The van der Waals surface area contributed by atoms with Crippen molar-refractivity contribution in [3.05, 3.63) is 34.3 Å². The molecule has 16 heavy (non-hydrogen) atoms. The quantitative estimate of drug-likeness (QED) is 0.861. The lowest BCUT2D eigenvalue weighted by Crippen LogP contribution is -2.21. The number of hydrogen-bond acceptors (Lipinski definition) is 4. The number of imidazole rings is 1. The smallest absolute Gasteiger partial charge is 0.107 e. The Morgan fingerprint density at radius 2 is 2.38 bits per heavy atom. The summed E-state index contributed by atoms with van der Waals surface area (Å²) in [6.45, 7) is 3.94. The number of thiazole rings is 1. The number of hydrogen-bond donors (Lipinski definition) is 1. The molecule has 2 aromatic rings. The Balaban J connectivity index is 1.78. The maximum Gasteiger partial charge on any atom is 0.107 e. The highest BCUT2D eigenvalue weighted by atomic mass is 32.1. The lowest BCUT2D eigenvalue weighted by atomic mass is 10.4. The molecule has 4 nitrogen and oxygen atoms in total. The zero-order chi connectivity index (χ0) is 11.4. The van der Waals surface area contributed by atoms with Gasteiger partial charge in [-0.25, -0.2) is 9.97 Å². The van der Waals surface area contributed by atoms with Gasteiger partial charge in [-0.15, -0.1) is 11.3 Å². The van der Waals surface area contributed by atoms with Crippen molar-refractivity contribution in [3.8, 4) is 0 Å². The number of aryl methyl sites for hydroxylation is 1. The molecule has 86 valence electrons. The number of aromatic amines is 1. The maximum absolute atomic E-state index is 4.45. The molecular weight excluding hydrogens is 220 g/mol. The Hall–Kier alpha value is -1.20. The summed E-state index contributed by atoms with van der Waals surface area (Å²) >= 11 is 1.72. The van der Waals surface area contributed by atoms with Gasteiger partial charge in [-0.2, -0.15) is 0 Å². The van der Waals surface area contributed by atoms with Gasteiger partial charge in [0.15, 0.2) is 0 Å². The summed E-state index contributed by atoms with van der Waals surface area (Å²) in [4.78, 5) is 14.0. The summed E-state index contributed by atoms with van der Waals surface area (Å²) in [5, 5.41) is 3.27. The van der Waals surface area contributed by atoms with E-state index in [2.05, 4.69) is 32.3 Å². The highest BCUT2D eigenvalue weighted by Crippen LogP contribution is 2.10. The average Bonchev–Trinajstić information content (AvgIpc) is 2.87. The summed E-state index contributed by atoms with van der Waals surface area (Å²) in [5.41, 5.74) is 1.11. The molecule has 0 saturated carbocycles. The Morgan fingerprint density at radius 3 is 3.00 bits per heavy atom. The lowest BCUT2D eigenvalue weighted by molar-refractivity contribution is 0.328. The first-order chi connectivity index (χ1) is 7.74. The predicted molar refractivity (Wildman–Crippen MR) is 65.5 cm³/mol. The van der Waals surface area contributed by atoms with Crippen molar-refractivity contribution in [2.24, 2.45) is 0 Å². The van der Waals surface area contributed by atoms with Gasteiger partial charge in [-0.05, 0) is 14.0 Å². The zero-order valence-corrected chi connectivity index (χ0v) is 10.4. The summed E-state index contributed by atoms with van der Waals surface area (Å²) in [6, 6.07) is 0. The molecule has 2 rings (SSSR count). The van der Waals surface area contributed by atoms with Crippen LogP contribution in [0.5, 0.6) is 0 Å². The summed E-state index contributed by atoms with van der Waals surface area (Å²) in [5.74, 6) is 1.04. The third-order valence-corrected chi connectivity index (χ3v) is 3.31. The van der Waals surface area contributed by atoms with E-state index in [1.165, 1.54) is 5.01 Å². The molecule has 0 aliphatic carbocycles. The van der Waals surface area contributed by atoms with Crippen LogP contribution in [0, 0.1) is 6.92 Å². The first kappa shape index (κ1) is 11.3. The lowest BCUT2D eigenvalue weighted by Gasteiger charge is -2.13. The van der Waals surface area contributed by atoms with Crippen LogP contribution in [0.1, 0.15) is 16.5 Å². The second kappa shape index (κ2) is 5.23. The highest BCUT2D eigenvalue weighted by Gasteiger charge is 2.04. The normalized spacial score (nSPS) is 11.2. The molecule has 0 bridgehead atoms. The first-order valence-corrected chi connectivity index (χ1v) is 6.20. The Bertz CT molecular complexity index is 421. The van der Waals surface area contributed by atoms with Gasteiger partial charge < -0.3 is 4.98 Å². The number of nitrogens with one attached hydrogen (secondary N) is 1. The molecule has 0 aromatic carbocycles. The van der Waals surface area contributed by atoms with Crippen molar-refractivity contribution < 1.29 is 0 Å². The van der Waals surface area contributed by atoms with Crippen LogP contribution in [0.2, 0.25) is 0 Å². The van der Waals surface area contributed by atoms with E-state index in [1.807, 2.05) is 13.1 Å². The number of likely N-dealkylation sites (N-methyl/N-ethyl adjacent to an activating group) is 1. The minimum Gasteiger partial charge on any atom is -0.349 e. The Kier molecular flexibility index (Phi) is 3.69. The SMILES string of the molecule is Cc1csc(CN(C)CCc2ncc[nH]2)n1. The van der Waals surface area contributed by atoms with E-state index in [0.717, 1.165) is 31.0 Å². The molecule has 0 spiro atoms. The third-order valence-electron chi connectivity index (χ3n) is 2.36. The first-order valence-electron chi connectivity index (χ1n) is 5.32. The van der Waals surface area contributed by atoms with E-state index in [9.17, 15) is 0 Å². The van der Waals surface area contributed by atoms with Gasteiger partial charge in [0.05, 0.1) is 6.54 Å². The summed E-state index contributed by atoms with van der Waals surface area (Å²) < 4.78 is 0. The predicted octanol–water partition coefficient (Wildman–Crippen LogP) is 1.85. The second-order valence-corrected chi connectivity index (χ2v) is 4.85. The molecule has 0 radical (unpaired) electrons. The van der Waals surface area contributed by atoms with Gasteiger partial charge in [0, 0.05) is 36.4 Å². The molecule has 0 unspecified atom stereocenters. The van der Waals surface area contributed by atoms with Crippen molar-refractivity contribution in [2.75, 3.05) is 13.6 Å². The molecule has 0 aliphatic heterocycles. The molecule has 2 heterocycles. The second-order valence-electron chi connectivity index (χ2n) is 3.91. The molecule has 2 aromatic heterocycles. The fourth-order valence-corrected chi connectivity index (χ4v) is 2.37. The van der Waals surface area contributed by atoms with Crippen LogP contribution in [0.15, 0.2) is 17.8 Å². The Labute approximate surface area is 99.4 Å². The van der Waals surface area contributed by atoms with E-state index in [4.69, 9.17) is 0 Å². The van der Waals surface area contributed by atoms with Gasteiger partial charge in [-0.3, -0.25) is 4.90 Å². The van der Waals surface area contributed by atoms with E-state index in [0.29, 0.717) is 0 Å². The van der Waals surface area contributed by atoms with Gasteiger partial charge in [0.2, 0.25) is 0 Å². The van der Waals surface area contributed by atoms with Crippen molar-refractivity contribution in [3.63, 3.8) is 0 Å². The van der Waals surface area contributed by atoms with Gasteiger partial charge >= 0.3 is 0 Å². The number of H-pyrrole nitrogens is 1. The monoisotopic (exact) mass is 236 g/mol.